The van der Waals surface area contributed by atoms with Gasteiger partial charge in [-0.1, -0.05) is 12.8 Å². The number of piperidine rings is 3. The molecule has 31 heavy (non-hydrogen) atoms. The molecular weight excluding hydrogens is 390 g/mol. The minimum atomic E-state index is 0.103. The van der Waals surface area contributed by atoms with E-state index in [0.717, 1.165) is 74.0 Å². The lowest BCUT2D eigenvalue weighted by molar-refractivity contribution is -0.144. The fourth-order valence-corrected chi connectivity index (χ4v) is 6.68. The van der Waals surface area contributed by atoms with Gasteiger partial charge in [-0.15, -0.1) is 0 Å². The van der Waals surface area contributed by atoms with Gasteiger partial charge in [-0.3, -0.25) is 9.59 Å². The number of aromatic nitrogens is 3. The Morgan fingerprint density at radius 3 is 2.77 bits per heavy atom. The molecule has 164 valence electrons. The van der Waals surface area contributed by atoms with Crippen LogP contribution in [-0.4, -0.2) is 62.1 Å². The van der Waals surface area contributed by atoms with Gasteiger partial charge in [0.15, 0.2) is 5.65 Å². The Morgan fingerprint density at radius 2 is 1.94 bits per heavy atom. The van der Waals surface area contributed by atoms with Gasteiger partial charge in [-0.2, -0.15) is 5.10 Å². The summed E-state index contributed by atoms with van der Waals surface area (Å²) in [7, 11) is 0. The third-order valence-corrected chi connectivity index (χ3v) is 8.06. The number of pyridine rings is 1. The Hall–Kier alpha value is -2.44. The van der Waals surface area contributed by atoms with Crippen molar-refractivity contribution in [2.75, 3.05) is 19.6 Å². The van der Waals surface area contributed by atoms with Crippen LogP contribution in [0.1, 0.15) is 73.5 Å². The van der Waals surface area contributed by atoms with Crippen LogP contribution in [0.3, 0.4) is 0 Å². The van der Waals surface area contributed by atoms with Crippen LogP contribution in [0.5, 0.6) is 0 Å². The molecule has 2 aromatic heterocycles. The Bertz CT molecular complexity index is 1040. The molecule has 6 rings (SSSR count). The molecule has 7 heteroatoms. The molecule has 2 bridgehead atoms. The first-order chi connectivity index (χ1) is 15.1. The maximum Gasteiger partial charge on any atom is 0.254 e. The lowest BCUT2D eigenvalue weighted by atomic mass is 9.76. The van der Waals surface area contributed by atoms with Crippen LogP contribution in [0.25, 0.3) is 11.0 Å². The van der Waals surface area contributed by atoms with Gasteiger partial charge in [0.25, 0.3) is 5.91 Å². The number of hydrogen-bond acceptors (Lipinski definition) is 4. The first kappa shape index (κ1) is 19.3. The third kappa shape index (κ3) is 3.15. The predicted octanol–water partition coefficient (Wildman–Crippen LogP) is 3.33. The molecule has 4 aliphatic rings. The Morgan fingerprint density at radius 1 is 1.10 bits per heavy atom. The molecule has 0 radical (unpaired) electrons. The summed E-state index contributed by atoms with van der Waals surface area (Å²) in [6.45, 7) is 4.28. The first-order valence-electron chi connectivity index (χ1n) is 12.0. The van der Waals surface area contributed by atoms with Crippen molar-refractivity contribution in [2.24, 2.45) is 11.8 Å². The molecular formula is C24H31N5O2. The van der Waals surface area contributed by atoms with E-state index in [9.17, 15) is 9.59 Å². The maximum absolute atomic E-state index is 13.7. The summed E-state index contributed by atoms with van der Waals surface area (Å²) >= 11 is 0. The highest BCUT2D eigenvalue weighted by Crippen LogP contribution is 2.39. The van der Waals surface area contributed by atoms with Crippen molar-refractivity contribution in [2.45, 2.75) is 70.4 Å². The maximum atomic E-state index is 13.7. The molecule has 3 aliphatic heterocycles. The summed E-state index contributed by atoms with van der Waals surface area (Å²) in [6, 6.07) is 2.66. The molecule has 0 aromatic carbocycles. The molecule has 3 unspecified atom stereocenters. The fraction of sp³-hybridized carbons (Fsp3) is 0.667. The van der Waals surface area contributed by atoms with Crippen molar-refractivity contribution in [1.29, 1.82) is 0 Å². The second-order valence-electron chi connectivity index (χ2n) is 10.2. The van der Waals surface area contributed by atoms with Crippen LogP contribution in [-0.2, 0) is 4.79 Å². The van der Waals surface area contributed by atoms with E-state index in [1.54, 1.807) is 0 Å². The van der Waals surface area contributed by atoms with Crippen LogP contribution in [0.15, 0.2) is 12.3 Å². The second-order valence-corrected chi connectivity index (χ2v) is 10.2. The molecule has 1 saturated carbocycles. The van der Waals surface area contributed by atoms with E-state index in [1.165, 1.54) is 12.8 Å². The summed E-state index contributed by atoms with van der Waals surface area (Å²) in [6.07, 6.45) is 10.5. The largest absolute Gasteiger partial charge is 0.339 e. The quantitative estimate of drug-likeness (QED) is 0.746. The number of carbonyl (C=O) groups is 2. The lowest BCUT2D eigenvalue weighted by Crippen LogP contribution is -2.61. The number of amides is 2. The van der Waals surface area contributed by atoms with Crippen molar-refractivity contribution < 1.29 is 9.59 Å². The van der Waals surface area contributed by atoms with Gasteiger partial charge in [-0.25, -0.2) is 9.67 Å². The highest BCUT2D eigenvalue weighted by molar-refractivity contribution is 6.05. The number of aryl methyl sites for hydroxylation is 1. The molecule has 5 heterocycles. The van der Waals surface area contributed by atoms with Crippen LogP contribution in [0.2, 0.25) is 0 Å². The van der Waals surface area contributed by atoms with Gasteiger partial charge in [0.1, 0.15) is 0 Å². The van der Waals surface area contributed by atoms with E-state index >= 15 is 0 Å². The number of carbonyl (C=O) groups excluding carboxylic acids is 2. The minimum absolute atomic E-state index is 0.103. The molecule has 2 aromatic rings. The first-order valence-corrected chi connectivity index (χ1v) is 12.0. The van der Waals surface area contributed by atoms with Gasteiger partial charge in [0, 0.05) is 37.8 Å². The third-order valence-electron chi connectivity index (χ3n) is 8.06. The van der Waals surface area contributed by atoms with Gasteiger partial charge in [0.05, 0.1) is 23.2 Å². The molecule has 3 atom stereocenters. The second kappa shape index (κ2) is 7.31. The Balaban J connectivity index is 1.30. The topological polar surface area (TPSA) is 71.3 Å². The number of nitrogens with zero attached hydrogens (tertiary/aromatic N) is 5. The molecule has 7 nitrogen and oxygen atoms in total. The fourth-order valence-electron chi connectivity index (χ4n) is 6.68. The van der Waals surface area contributed by atoms with Gasteiger partial charge in [-0.05, 0) is 56.9 Å². The van der Waals surface area contributed by atoms with E-state index in [1.807, 2.05) is 19.2 Å². The van der Waals surface area contributed by atoms with Gasteiger partial charge < -0.3 is 9.80 Å². The lowest BCUT2D eigenvalue weighted by Gasteiger charge is -2.52. The Kier molecular flexibility index (Phi) is 4.54. The summed E-state index contributed by atoms with van der Waals surface area (Å²) in [5, 5.41) is 5.55. The number of hydrogen-bond donors (Lipinski definition) is 0. The smallest absolute Gasteiger partial charge is 0.254 e. The molecule has 2 amide bonds. The zero-order valence-electron chi connectivity index (χ0n) is 18.3. The van der Waals surface area contributed by atoms with E-state index in [0.29, 0.717) is 36.2 Å². The highest BCUT2D eigenvalue weighted by atomic mass is 16.2. The summed E-state index contributed by atoms with van der Waals surface area (Å²) in [4.78, 5) is 35.1. The van der Waals surface area contributed by atoms with Crippen LogP contribution in [0.4, 0.5) is 0 Å². The van der Waals surface area contributed by atoms with E-state index < -0.39 is 0 Å². The number of rotatable bonds is 2. The average molecular weight is 422 g/mol. The SMILES string of the molecule is Cc1cc(C(=O)N2CC3CC(C2)C2CCCC(=O)N2C3)c2cnn(C3CCCC3)c2n1. The molecule has 1 aliphatic carbocycles. The summed E-state index contributed by atoms with van der Waals surface area (Å²) < 4.78 is 2.06. The van der Waals surface area contributed by atoms with Crippen LogP contribution in [0, 0.1) is 18.8 Å². The molecule has 0 N–H and O–H groups in total. The minimum Gasteiger partial charge on any atom is -0.339 e. The van der Waals surface area contributed by atoms with Crippen LogP contribution >= 0.6 is 0 Å². The number of likely N-dealkylation sites (tertiary alicyclic amines) is 1. The normalized spacial score (nSPS) is 28.9. The van der Waals surface area contributed by atoms with E-state index in [2.05, 4.69) is 19.6 Å². The van der Waals surface area contributed by atoms with Crippen molar-refractivity contribution >= 4 is 22.8 Å². The predicted molar refractivity (Wildman–Crippen MR) is 117 cm³/mol. The molecule has 3 saturated heterocycles. The van der Waals surface area contributed by atoms with Crippen molar-refractivity contribution in [3.05, 3.63) is 23.5 Å². The summed E-state index contributed by atoms with van der Waals surface area (Å²) in [5.41, 5.74) is 2.47. The van der Waals surface area contributed by atoms with Gasteiger partial charge in [0.2, 0.25) is 5.91 Å². The van der Waals surface area contributed by atoms with Crippen molar-refractivity contribution in [3.63, 3.8) is 0 Å². The number of fused-ring (bicyclic) bond motifs is 5. The molecule has 4 fully saturated rings. The average Bonchev–Trinajstić information content (AvgIpc) is 3.43. The monoisotopic (exact) mass is 421 g/mol. The molecule has 0 spiro atoms. The van der Waals surface area contributed by atoms with E-state index in [4.69, 9.17) is 4.98 Å². The van der Waals surface area contributed by atoms with E-state index in [-0.39, 0.29) is 5.91 Å². The Labute approximate surface area is 182 Å². The zero-order chi connectivity index (χ0) is 21.1. The standard InChI is InChI=1S/C24H31N5O2/c1-15-9-19(20-11-25-29(23(20)26-15)18-5-2-3-6-18)24(31)27-12-16-10-17(14-27)21-7-4-8-22(30)28(21)13-16/h9,11,16-18,21H,2-8,10,12-14H2,1H3. The van der Waals surface area contributed by atoms with Crippen LogP contribution < -0.4 is 0 Å². The van der Waals surface area contributed by atoms with Gasteiger partial charge >= 0.3 is 0 Å². The van der Waals surface area contributed by atoms with Crippen molar-refractivity contribution in [1.82, 2.24) is 24.6 Å². The highest BCUT2D eigenvalue weighted by Gasteiger charge is 2.45. The summed E-state index contributed by atoms with van der Waals surface area (Å²) in [5.74, 6) is 1.21. The van der Waals surface area contributed by atoms with Crippen molar-refractivity contribution in [3.8, 4) is 0 Å². The zero-order valence-corrected chi connectivity index (χ0v) is 18.3.